The lowest BCUT2D eigenvalue weighted by Gasteiger charge is -2.29. The first-order valence-electron chi connectivity index (χ1n) is 9.14. The van der Waals surface area contributed by atoms with E-state index >= 15 is 0 Å². The second kappa shape index (κ2) is 8.85. The molecule has 0 radical (unpaired) electrons. The maximum atomic E-state index is 5.42. The van der Waals surface area contributed by atoms with Crippen molar-refractivity contribution in [3.05, 3.63) is 42.2 Å². The van der Waals surface area contributed by atoms with Crippen molar-refractivity contribution in [3.63, 3.8) is 0 Å². The summed E-state index contributed by atoms with van der Waals surface area (Å²) in [6.45, 7) is 6.49. The van der Waals surface area contributed by atoms with Gasteiger partial charge in [-0.1, -0.05) is 19.1 Å². The van der Waals surface area contributed by atoms with Gasteiger partial charge in [0.15, 0.2) is 0 Å². The summed E-state index contributed by atoms with van der Waals surface area (Å²) in [5.74, 6) is 3.35. The van der Waals surface area contributed by atoms with Gasteiger partial charge in [-0.2, -0.15) is 0 Å². The predicted molar refractivity (Wildman–Crippen MR) is 104 cm³/mol. The van der Waals surface area contributed by atoms with Gasteiger partial charge in [-0.3, -0.25) is 0 Å². The molecule has 1 saturated heterocycles. The van der Waals surface area contributed by atoms with E-state index in [-0.39, 0.29) is 0 Å². The van der Waals surface area contributed by atoms with E-state index in [2.05, 4.69) is 51.9 Å². The number of methoxy groups -OCH3 is 1. The third-order valence-electron chi connectivity index (χ3n) is 4.69. The fourth-order valence-corrected chi connectivity index (χ4v) is 3.30. The molecule has 1 aromatic carbocycles. The van der Waals surface area contributed by atoms with Gasteiger partial charge in [-0.25, -0.2) is 9.97 Å². The summed E-state index contributed by atoms with van der Waals surface area (Å²) in [6, 6.07) is 10.4. The summed E-state index contributed by atoms with van der Waals surface area (Å²) in [6.07, 6.45) is 2.68. The minimum Gasteiger partial charge on any atom is -0.497 e. The van der Waals surface area contributed by atoms with Gasteiger partial charge in [0, 0.05) is 32.7 Å². The first kappa shape index (κ1) is 18.5. The van der Waals surface area contributed by atoms with Crippen LogP contribution in [-0.4, -0.2) is 57.0 Å². The van der Waals surface area contributed by atoms with Crippen molar-refractivity contribution in [1.82, 2.24) is 9.97 Å². The minimum absolute atomic E-state index is 0.509. The van der Waals surface area contributed by atoms with Gasteiger partial charge in [0.25, 0.3) is 0 Å². The number of hydrogen-bond donors (Lipinski definition) is 0. The van der Waals surface area contributed by atoms with Crippen LogP contribution in [0.1, 0.15) is 12.5 Å². The summed E-state index contributed by atoms with van der Waals surface area (Å²) < 4.78 is 10.6. The van der Waals surface area contributed by atoms with Crippen LogP contribution in [0.3, 0.4) is 0 Å². The first-order chi connectivity index (χ1) is 12.7. The van der Waals surface area contributed by atoms with Crippen molar-refractivity contribution < 1.29 is 9.47 Å². The fourth-order valence-electron chi connectivity index (χ4n) is 3.30. The maximum absolute atomic E-state index is 5.42. The van der Waals surface area contributed by atoms with Crippen LogP contribution in [-0.2, 0) is 11.2 Å². The van der Waals surface area contributed by atoms with Gasteiger partial charge in [0.1, 0.15) is 23.7 Å². The summed E-state index contributed by atoms with van der Waals surface area (Å²) in [7, 11) is 3.79. The zero-order chi connectivity index (χ0) is 18.4. The zero-order valence-corrected chi connectivity index (χ0v) is 15.9. The Morgan fingerprint density at radius 1 is 1.19 bits per heavy atom. The zero-order valence-electron chi connectivity index (χ0n) is 15.9. The third-order valence-corrected chi connectivity index (χ3v) is 4.69. The van der Waals surface area contributed by atoms with Gasteiger partial charge in [0.2, 0.25) is 0 Å². The normalized spacial score (nSPS) is 15.6. The highest BCUT2D eigenvalue weighted by molar-refractivity contribution is 5.50. The maximum Gasteiger partial charge on any atom is 0.134 e. The molecule has 1 unspecified atom stereocenters. The van der Waals surface area contributed by atoms with Crippen LogP contribution in [0.15, 0.2) is 36.7 Å². The molecule has 0 saturated carbocycles. The van der Waals surface area contributed by atoms with Gasteiger partial charge < -0.3 is 19.3 Å². The first-order valence-corrected chi connectivity index (χ1v) is 9.14. The Kier molecular flexibility index (Phi) is 6.28. The SMILES string of the molecule is COc1ccc(CC(C)CN(C)c2cc(N3CCOCC3)ncn2)cc1. The highest BCUT2D eigenvalue weighted by Crippen LogP contribution is 2.20. The van der Waals surface area contributed by atoms with Crippen molar-refractivity contribution in [2.45, 2.75) is 13.3 Å². The predicted octanol–water partition coefficient (Wildman–Crippen LogP) is 2.64. The molecule has 1 fully saturated rings. The Morgan fingerprint density at radius 2 is 1.92 bits per heavy atom. The van der Waals surface area contributed by atoms with Gasteiger partial charge in [-0.15, -0.1) is 0 Å². The van der Waals surface area contributed by atoms with Crippen molar-refractivity contribution in [1.29, 1.82) is 0 Å². The lowest BCUT2D eigenvalue weighted by Crippen LogP contribution is -2.37. The lowest BCUT2D eigenvalue weighted by atomic mass is 10.0. The highest BCUT2D eigenvalue weighted by Gasteiger charge is 2.15. The molecule has 0 N–H and O–H groups in total. The summed E-state index contributed by atoms with van der Waals surface area (Å²) in [4.78, 5) is 13.3. The van der Waals surface area contributed by atoms with E-state index in [1.807, 2.05) is 12.1 Å². The van der Waals surface area contributed by atoms with Crippen LogP contribution in [0.25, 0.3) is 0 Å². The number of morpholine rings is 1. The third kappa shape index (κ3) is 4.85. The fraction of sp³-hybridized carbons (Fsp3) is 0.500. The Balaban J connectivity index is 1.58. The molecule has 0 aliphatic carbocycles. The molecule has 3 rings (SSSR count). The van der Waals surface area contributed by atoms with Crippen LogP contribution >= 0.6 is 0 Å². The molecular weight excluding hydrogens is 328 g/mol. The molecule has 0 amide bonds. The molecule has 140 valence electrons. The van der Waals surface area contributed by atoms with E-state index in [9.17, 15) is 0 Å². The number of benzene rings is 1. The average molecular weight is 356 g/mol. The number of anilines is 2. The Morgan fingerprint density at radius 3 is 2.62 bits per heavy atom. The largest absolute Gasteiger partial charge is 0.497 e. The summed E-state index contributed by atoms with van der Waals surface area (Å²) in [5, 5.41) is 0. The number of rotatable bonds is 7. The molecule has 1 aromatic heterocycles. The van der Waals surface area contributed by atoms with Crippen molar-refractivity contribution in [2.75, 3.05) is 56.8 Å². The second-order valence-electron chi connectivity index (χ2n) is 6.87. The topological polar surface area (TPSA) is 50.7 Å². The standard InChI is InChI=1S/C20H28N4O2/c1-16(12-17-4-6-18(25-3)7-5-17)14-23(2)19-13-20(22-15-21-19)24-8-10-26-11-9-24/h4-7,13,15-16H,8-12,14H2,1-3H3. The Bertz CT molecular complexity index is 686. The summed E-state index contributed by atoms with van der Waals surface area (Å²) >= 11 is 0. The molecule has 6 nitrogen and oxygen atoms in total. The van der Waals surface area contributed by atoms with Crippen LogP contribution in [0.2, 0.25) is 0 Å². The number of nitrogens with zero attached hydrogens (tertiary/aromatic N) is 4. The van der Waals surface area contributed by atoms with E-state index in [4.69, 9.17) is 9.47 Å². The molecule has 1 atom stereocenters. The van der Waals surface area contributed by atoms with E-state index in [0.717, 1.165) is 56.7 Å². The monoisotopic (exact) mass is 356 g/mol. The Labute approximate surface area is 155 Å². The van der Waals surface area contributed by atoms with E-state index < -0.39 is 0 Å². The minimum atomic E-state index is 0.509. The van der Waals surface area contributed by atoms with Crippen LogP contribution < -0.4 is 14.5 Å². The molecule has 26 heavy (non-hydrogen) atoms. The highest BCUT2D eigenvalue weighted by atomic mass is 16.5. The second-order valence-corrected chi connectivity index (χ2v) is 6.87. The van der Waals surface area contributed by atoms with E-state index in [1.165, 1.54) is 5.56 Å². The van der Waals surface area contributed by atoms with Crippen LogP contribution in [0, 0.1) is 5.92 Å². The Hall–Kier alpha value is -2.34. The summed E-state index contributed by atoms with van der Waals surface area (Å²) in [5.41, 5.74) is 1.32. The number of ether oxygens (including phenoxy) is 2. The smallest absolute Gasteiger partial charge is 0.134 e. The number of aromatic nitrogens is 2. The van der Waals surface area contributed by atoms with Crippen LogP contribution in [0.5, 0.6) is 5.75 Å². The molecular formula is C20H28N4O2. The quantitative estimate of drug-likeness (QED) is 0.760. The molecule has 0 bridgehead atoms. The van der Waals surface area contributed by atoms with Gasteiger partial charge in [0.05, 0.1) is 20.3 Å². The van der Waals surface area contributed by atoms with E-state index in [1.54, 1.807) is 13.4 Å². The molecule has 2 heterocycles. The van der Waals surface area contributed by atoms with Gasteiger partial charge in [-0.05, 0) is 30.0 Å². The van der Waals surface area contributed by atoms with Gasteiger partial charge >= 0.3 is 0 Å². The molecule has 6 heteroatoms. The number of hydrogen-bond acceptors (Lipinski definition) is 6. The molecule has 1 aliphatic rings. The van der Waals surface area contributed by atoms with Crippen molar-refractivity contribution >= 4 is 11.6 Å². The van der Waals surface area contributed by atoms with Crippen molar-refractivity contribution in [2.24, 2.45) is 5.92 Å². The van der Waals surface area contributed by atoms with Crippen molar-refractivity contribution in [3.8, 4) is 5.75 Å². The van der Waals surface area contributed by atoms with E-state index in [0.29, 0.717) is 5.92 Å². The lowest BCUT2D eigenvalue weighted by molar-refractivity contribution is 0.122. The molecule has 2 aromatic rings. The van der Waals surface area contributed by atoms with Crippen LogP contribution in [0.4, 0.5) is 11.6 Å². The molecule has 1 aliphatic heterocycles. The average Bonchev–Trinajstić information content (AvgIpc) is 2.69. The molecule has 0 spiro atoms.